The summed E-state index contributed by atoms with van der Waals surface area (Å²) < 4.78 is 27.6. The lowest BCUT2D eigenvalue weighted by atomic mass is 10.1. The van der Waals surface area contributed by atoms with E-state index >= 15 is 0 Å². The molecular weight excluding hydrogens is 401 g/mol. The molecule has 0 amide bonds. The highest BCUT2D eigenvalue weighted by Crippen LogP contribution is 2.22. The molecule has 0 saturated carbocycles. The molecule has 3 aromatic rings. The molecule has 0 bridgehead atoms. The molecule has 31 heavy (non-hydrogen) atoms. The summed E-state index contributed by atoms with van der Waals surface area (Å²) in [7, 11) is 0. The number of nitrogen functional groups attached to an aromatic ring is 1. The van der Waals surface area contributed by atoms with Crippen LogP contribution in [0.25, 0.3) is 5.65 Å². The van der Waals surface area contributed by atoms with E-state index in [1.807, 2.05) is 6.92 Å². The van der Waals surface area contributed by atoms with Gasteiger partial charge in [-0.15, -0.1) is 5.10 Å². The predicted octanol–water partition coefficient (Wildman–Crippen LogP) is 3.55. The molecule has 3 N–H and O–H groups in total. The fraction of sp³-hybridized carbons (Fsp3) is 0.500. The molecule has 9 heteroatoms. The van der Waals surface area contributed by atoms with Crippen LogP contribution in [-0.2, 0) is 6.42 Å². The van der Waals surface area contributed by atoms with Crippen molar-refractivity contribution in [2.75, 3.05) is 18.9 Å². The third kappa shape index (κ3) is 5.81. The summed E-state index contributed by atoms with van der Waals surface area (Å²) in [4.78, 5) is 8.45. The molecule has 0 aliphatic heterocycles. The van der Waals surface area contributed by atoms with Gasteiger partial charge in [0.2, 0.25) is 0 Å². The minimum Gasteiger partial charge on any atom is -0.493 e. The van der Waals surface area contributed by atoms with Crippen LogP contribution in [-0.4, -0.2) is 44.0 Å². The third-order valence-corrected chi connectivity index (χ3v) is 4.94. The van der Waals surface area contributed by atoms with Gasteiger partial charge in [0, 0.05) is 25.5 Å². The summed E-state index contributed by atoms with van der Waals surface area (Å²) in [6, 6.07) is 4.97. The number of halogens is 1. The highest BCUT2D eigenvalue weighted by atomic mass is 19.1. The summed E-state index contributed by atoms with van der Waals surface area (Å²) in [5.74, 6) is 0.338. The summed E-state index contributed by atoms with van der Waals surface area (Å²) >= 11 is 0. The largest absolute Gasteiger partial charge is 0.493 e. The number of fused-ring (bicyclic) bond motifs is 1. The van der Waals surface area contributed by atoms with Gasteiger partial charge in [-0.3, -0.25) is 0 Å². The van der Waals surface area contributed by atoms with Crippen LogP contribution >= 0.6 is 0 Å². The maximum atomic E-state index is 14.6. The van der Waals surface area contributed by atoms with E-state index in [1.165, 1.54) is 10.6 Å². The Morgan fingerprint density at radius 1 is 1.23 bits per heavy atom. The first-order valence-corrected chi connectivity index (χ1v) is 10.7. The number of aromatic nitrogens is 4. The number of aliphatic hydroxyl groups is 1. The number of hydrogen-bond donors (Lipinski definition) is 2. The molecule has 0 aliphatic rings. The Kier molecular flexibility index (Phi) is 8.00. The zero-order valence-electron chi connectivity index (χ0n) is 18.1. The molecule has 8 nitrogen and oxygen atoms in total. The number of rotatable bonds is 12. The van der Waals surface area contributed by atoms with Crippen molar-refractivity contribution in [2.45, 2.75) is 58.5 Å². The monoisotopic (exact) mass is 431 g/mol. The molecule has 2 heterocycles. The Morgan fingerprint density at radius 3 is 2.77 bits per heavy atom. The minimum absolute atomic E-state index is 0.0101. The molecular formula is C22H30FN5O3. The predicted molar refractivity (Wildman–Crippen MR) is 116 cm³/mol. The number of anilines is 1. The quantitative estimate of drug-likeness (QED) is 0.422. The van der Waals surface area contributed by atoms with Gasteiger partial charge in [0.15, 0.2) is 11.5 Å². The lowest BCUT2D eigenvalue weighted by molar-refractivity contribution is 0.133. The molecule has 2 aromatic heterocycles. The average Bonchev–Trinajstić information content (AvgIpc) is 3.14. The second kappa shape index (κ2) is 10.9. The molecule has 3 rings (SSSR count). The molecule has 0 aliphatic carbocycles. The van der Waals surface area contributed by atoms with E-state index in [0.29, 0.717) is 35.7 Å². The van der Waals surface area contributed by atoms with Gasteiger partial charge in [0.1, 0.15) is 17.7 Å². The maximum absolute atomic E-state index is 14.6. The molecule has 1 aromatic carbocycles. The fourth-order valence-corrected chi connectivity index (χ4v) is 3.27. The van der Waals surface area contributed by atoms with Crippen molar-refractivity contribution in [2.24, 2.45) is 0 Å². The first-order valence-electron chi connectivity index (χ1n) is 10.7. The summed E-state index contributed by atoms with van der Waals surface area (Å²) in [5, 5.41) is 13.6. The number of imidazole rings is 1. The highest BCUT2D eigenvalue weighted by Gasteiger charge is 2.17. The van der Waals surface area contributed by atoms with Crippen molar-refractivity contribution >= 4 is 11.5 Å². The van der Waals surface area contributed by atoms with Gasteiger partial charge in [-0.05, 0) is 24.5 Å². The van der Waals surface area contributed by atoms with Crippen LogP contribution in [0.5, 0.6) is 11.8 Å². The number of nitrogens with zero attached hydrogens (tertiary/aromatic N) is 4. The van der Waals surface area contributed by atoms with Crippen molar-refractivity contribution in [3.05, 3.63) is 41.5 Å². The van der Waals surface area contributed by atoms with E-state index in [9.17, 15) is 9.50 Å². The third-order valence-electron chi connectivity index (χ3n) is 4.94. The standard InChI is InChI=1S/C22H30FN5O3/c1-3-5-11-30-18-8-7-15(19(23)13-18)12-16-14-25-21-20(24)26-22(27-28(16)21)31-17(6-4-2)9-10-29/h7-8,13-14,17,29H,3-6,9-12H2,1-2H3,(H2,24,26,27). The van der Waals surface area contributed by atoms with Crippen molar-refractivity contribution < 1.29 is 19.0 Å². The topological polar surface area (TPSA) is 108 Å². The normalized spacial score (nSPS) is 12.3. The van der Waals surface area contributed by atoms with E-state index < -0.39 is 0 Å². The van der Waals surface area contributed by atoms with Crippen LogP contribution < -0.4 is 15.2 Å². The molecule has 0 radical (unpaired) electrons. The van der Waals surface area contributed by atoms with Crippen LogP contribution in [0, 0.1) is 5.82 Å². The summed E-state index contributed by atoms with van der Waals surface area (Å²) in [6.07, 6.45) is 5.74. The van der Waals surface area contributed by atoms with Crippen LogP contribution in [0.4, 0.5) is 10.2 Å². The van der Waals surface area contributed by atoms with Gasteiger partial charge >= 0.3 is 6.01 Å². The number of hydrogen-bond acceptors (Lipinski definition) is 7. The van der Waals surface area contributed by atoms with Gasteiger partial charge in [-0.1, -0.05) is 32.8 Å². The van der Waals surface area contributed by atoms with Crippen LogP contribution in [0.2, 0.25) is 0 Å². The van der Waals surface area contributed by atoms with Gasteiger partial charge in [0.25, 0.3) is 0 Å². The number of benzene rings is 1. The van der Waals surface area contributed by atoms with Gasteiger partial charge in [0.05, 0.1) is 18.5 Å². The van der Waals surface area contributed by atoms with Crippen LogP contribution in [0.3, 0.4) is 0 Å². The SMILES string of the molecule is CCCCOc1ccc(Cc2cnc3c(N)nc(OC(CCC)CCO)nn23)c(F)c1. The molecule has 1 unspecified atom stereocenters. The number of nitrogens with two attached hydrogens (primary N) is 1. The second-order valence-electron chi connectivity index (χ2n) is 7.44. The number of aliphatic hydroxyl groups excluding tert-OH is 1. The van der Waals surface area contributed by atoms with E-state index in [4.69, 9.17) is 15.2 Å². The van der Waals surface area contributed by atoms with Crippen molar-refractivity contribution in [3.8, 4) is 11.8 Å². The molecule has 168 valence electrons. The van der Waals surface area contributed by atoms with E-state index in [2.05, 4.69) is 22.0 Å². The van der Waals surface area contributed by atoms with Gasteiger partial charge in [-0.25, -0.2) is 13.9 Å². The Bertz CT molecular complexity index is 989. The zero-order chi connectivity index (χ0) is 22.2. The van der Waals surface area contributed by atoms with E-state index in [-0.39, 0.29) is 36.8 Å². The molecule has 0 saturated heterocycles. The fourth-order valence-electron chi connectivity index (χ4n) is 3.27. The summed E-state index contributed by atoms with van der Waals surface area (Å²) in [5.41, 5.74) is 7.57. The van der Waals surface area contributed by atoms with Crippen LogP contribution in [0.1, 0.15) is 57.2 Å². The first-order chi connectivity index (χ1) is 15.0. The molecule has 0 fully saturated rings. The van der Waals surface area contributed by atoms with E-state index in [0.717, 1.165) is 25.7 Å². The Labute approximate surface area is 181 Å². The number of unbranched alkanes of at least 4 members (excludes halogenated alkanes) is 1. The van der Waals surface area contributed by atoms with Crippen molar-refractivity contribution in [1.29, 1.82) is 0 Å². The first kappa shape index (κ1) is 22.7. The van der Waals surface area contributed by atoms with Gasteiger partial charge < -0.3 is 20.3 Å². The minimum atomic E-state index is -0.353. The van der Waals surface area contributed by atoms with Crippen molar-refractivity contribution in [1.82, 2.24) is 19.6 Å². The molecule has 1 atom stereocenters. The lowest BCUT2D eigenvalue weighted by Crippen LogP contribution is -2.20. The molecule has 0 spiro atoms. The maximum Gasteiger partial charge on any atom is 0.336 e. The smallest absolute Gasteiger partial charge is 0.336 e. The van der Waals surface area contributed by atoms with E-state index in [1.54, 1.807) is 18.3 Å². The Balaban J connectivity index is 1.82. The van der Waals surface area contributed by atoms with Gasteiger partial charge in [-0.2, -0.15) is 4.98 Å². The summed E-state index contributed by atoms with van der Waals surface area (Å²) in [6.45, 7) is 4.69. The average molecular weight is 432 g/mol. The Morgan fingerprint density at radius 2 is 2.06 bits per heavy atom. The number of ether oxygens (including phenoxy) is 2. The van der Waals surface area contributed by atoms with Crippen molar-refractivity contribution in [3.63, 3.8) is 0 Å². The Hall–Kier alpha value is -2.94. The van der Waals surface area contributed by atoms with Crippen LogP contribution in [0.15, 0.2) is 24.4 Å². The lowest BCUT2D eigenvalue weighted by Gasteiger charge is -2.16. The second-order valence-corrected chi connectivity index (χ2v) is 7.44. The zero-order valence-corrected chi connectivity index (χ0v) is 18.1. The highest BCUT2D eigenvalue weighted by molar-refractivity contribution is 5.59.